The molecule has 130 valence electrons. The molecule has 0 unspecified atom stereocenters. The Kier molecular flexibility index (Phi) is 5.24. The predicted molar refractivity (Wildman–Crippen MR) is 119 cm³/mol. The first kappa shape index (κ1) is 18.4. The van der Waals surface area contributed by atoms with Crippen LogP contribution in [0.2, 0.25) is 0 Å². The second kappa shape index (κ2) is 7.11. The maximum Gasteiger partial charge on any atom is 0.0159 e. The Labute approximate surface area is 166 Å². The van der Waals surface area contributed by atoms with Crippen molar-refractivity contribution < 1.29 is 0 Å². The molecule has 0 bridgehead atoms. The van der Waals surface area contributed by atoms with Crippen LogP contribution < -0.4 is 0 Å². The Hall–Kier alpha value is -1.35. The largest absolute Gasteiger partial charge is 0.0820 e. The molecule has 0 nitrogen and oxygen atoms in total. The van der Waals surface area contributed by atoms with Gasteiger partial charge in [-0.15, -0.1) is 0 Å². The van der Waals surface area contributed by atoms with Crippen LogP contribution in [0.1, 0.15) is 57.7 Å². The zero-order valence-electron chi connectivity index (χ0n) is 15.9. The molecule has 25 heavy (non-hydrogen) atoms. The van der Waals surface area contributed by atoms with Crippen molar-refractivity contribution >= 4 is 28.2 Å². The van der Waals surface area contributed by atoms with E-state index in [1.54, 1.807) is 0 Å². The topological polar surface area (TPSA) is 0 Å². The van der Waals surface area contributed by atoms with E-state index in [2.05, 4.69) is 112 Å². The van der Waals surface area contributed by atoms with Crippen molar-refractivity contribution in [2.75, 3.05) is 0 Å². The van der Waals surface area contributed by atoms with Gasteiger partial charge in [-0.25, -0.2) is 0 Å². The first-order chi connectivity index (χ1) is 11.8. The van der Waals surface area contributed by atoms with Crippen molar-refractivity contribution in [3.63, 3.8) is 0 Å². The van der Waals surface area contributed by atoms with Crippen LogP contribution in [0.25, 0.3) is 16.7 Å². The van der Waals surface area contributed by atoms with Gasteiger partial charge in [0.25, 0.3) is 0 Å². The van der Waals surface area contributed by atoms with Crippen molar-refractivity contribution in [3.05, 3.63) is 74.9 Å². The average Bonchev–Trinajstić information content (AvgIpc) is 2.79. The smallest absolute Gasteiger partial charge is 0.0159 e. The van der Waals surface area contributed by atoms with E-state index in [0.29, 0.717) is 5.92 Å². The SMILES string of the molecule is CC/C(=C\C=C/C(C)C)c1ccc2c(c1)C(C)(C)c1cc(I)ccc1-2. The van der Waals surface area contributed by atoms with Gasteiger partial charge in [0.1, 0.15) is 0 Å². The third-order valence-corrected chi connectivity index (χ3v) is 5.85. The molecular formula is C24H27I. The van der Waals surface area contributed by atoms with Crippen molar-refractivity contribution in [2.24, 2.45) is 5.92 Å². The van der Waals surface area contributed by atoms with E-state index in [-0.39, 0.29) is 5.41 Å². The van der Waals surface area contributed by atoms with Gasteiger partial charge in [0.05, 0.1) is 0 Å². The highest BCUT2D eigenvalue weighted by Gasteiger charge is 2.35. The molecule has 0 heterocycles. The summed E-state index contributed by atoms with van der Waals surface area (Å²) < 4.78 is 1.31. The van der Waals surface area contributed by atoms with Crippen LogP contribution in [0.5, 0.6) is 0 Å². The summed E-state index contributed by atoms with van der Waals surface area (Å²) in [5.41, 5.74) is 8.52. The minimum Gasteiger partial charge on any atom is -0.0820 e. The summed E-state index contributed by atoms with van der Waals surface area (Å²) in [6, 6.07) is 13.9. The summed E-state index contributed by atoms with van der Waals surface area (Å²) in [6.45, 7) is 11.4. The number of halogens is 1. The van der Waals surface area contributed by atoms with Crippen molar-refractivity contribution in [1.29, 1.82) is 0 Å². The zero-order valence-corrected chi connectivity index (χ0v) is 18.0. The molecule has 0 amide bonds. The molecule has 0 atom stereocenters. The summed E-state index contributed by atoms with van der Waals surface area (Å²) >= 11 is 2.42. The molecule has 0 fully saturated rings. The molecule has 0 spiro atoms. The third kappa shape index (κ3) is 3.48. The van der Waals surface area contributed by atoms with Crippen LogP contribution in [0.15, 0.2) is 54.6 Å². The zero-order chi connectivity index (χ0) is 18.2. The molecule has 0 saturated carbocycles. The fourth-order valence-corrected chi connectivity index (χ4v) is 4.21. The number of allylic oxidation sites excluding steroid dienone is 4. The van der Waals surface area contributed by atoms with Crippen LogP contribution >= 0.6 is 22.6 Å². The van der Waals surface area contributed by atoms with Gasteiger partial charge in [-0.3, -0.25) is 0 Å². The number of hydrogen-bond acceptors (Lipinski definition) is 0. The highest BCUT2D eigenvalue weighted by molar-refractivity contribution is 14.1. The molecule has 2 aromatic carbocycles. The molecule has 3 rings (SSSR count). The molecule has 0 saturated heterocycles. The Morgan fingerprint density at radius 3 is 2.32 bits per heavy atom. The van der Waals surface area contributed by atoms with Gasteiger partial charge in [0, 0.05) is 8.99 Å². The second-order valence-electron chi connectivity index (χ2n) is 7.75. The lowest BCUT2D eigenvalue weighted by Crippen LogP contribution is -2.15. The maximum atomic E-state index is 2.42. The summed E-state index contributed by atoms with van der Waals surface area (Å²) in [5, 5.41) is 0. The molecule has 0 aliphatic heterocycles. The van der Waals surface area contributed by atoms with E-state index in [4.69, 9.17) is 0 Å². The van der Waals surface area contributed by atoms with Crippen molar-refractivity contribution in [3.8, 4) is 11.1 Å². The van der Waals surface area contributed by atoms with E-state index in [1.807, 2.05) is 0 Å². The number of fused-ring (bicyclic) bond motifs is 3. The summed E-state index contributed by atoms with van der Waals surface area (Å²) in [7, 11) is 0. The molecule has 1 aliphatic carbocycles. The van der Waals surface area contributed by atoms with Gasteiger partial charge in [-0.05, 0) is 86.5 Å². The fraction of sp³-hybridized carbons (Fsp3) is 0.333. The van der Waals surface area contributed by atoms with E-state index < -0.39 is 0 Å². The normalized spacial score (nSPS) is 15.7. The van der Waals surface area contributed by atoms with Gasteiger partial charge in [0.15, 0.2) is 0 Å². The second-order valence-corrected chi connectivity index (χ2v) is 9.00. The van der Waals surface area contributed by atoms with E-state index in [9.17, 15) is 0 Å². The highest BCUT2D eigenvalue weighted by atomic mass is 127. The first-order valence-electron chi connectivity index (χ1n) is 9.17. The van der Waals surface area contributed by atoms with Gasteiger partial charge in [0.2, 0.25) is 0 Å². The van der Waals surface area contributed by atoms with Gasteiger partial charge >= 0.3 is 0 Å². The van der Waals surface area contributed by atoms with Crippen LogP contribution in [0, 0.1) is 9.49 Å². The molecule has 1 heteroatoms. The predicted octanol–water partition coefficient (Wildman–Crippen LogP) is 7.60. The Morgan fingerprint density at radius 2 is 1.68 bits per heavy atom. The Morgan fingerprint density at radius 1 is 1.04 bits per heavy atom. The average molecular weight is 442 g/mol. The first-order valence-corrected chi connectivity index (χ1v) is 10.2. The lowest BCUT2D eigenvalue weighted by molar-refractivity contribution is 0.659. The van der Waals surface area contributed by atoms with Crippen LogP contribution in [-0.2, 0) is 5.41 Å². The van der Waals surface area contributed by atoms with Crippen LogP contribution in [0.3, 0.4) is 0 Å². The van der Waals surface area contributed by atoms with Crippen molar-refractivity contribution in [2.45, 2.75) is 46.5 Å². The van der Waals surface area contributed by atoms with Crippen molar-refractivity contribution in [1.82, 2.24) is 0 Å². The number of rotatable bonds is 4. The van der Waals surface area contributed by atoms with Gasteiger partial charge in [-0.1, -0.05) is 71.0 Å². The Balaban J connectivity index is 2.07. The molecular weight excluding hydrogens is 415 g/mol. The maximum absolute atomic E-state index is 2.42. The standard InChI is InChI=1S/C24H27I/c1-6-17(9-7-8-16(2)3)18-10-12-20-21-13-11-19(25)15-23(21)24(4,5)22(20)14-18/h7-16H,6H2,1-5H3/b8-7-,17-9+. The summed E-state index contributed by atoms with van der Waals surface area (Å²) in [5.74, 6) is 0.588. The highest BCUT2D eigenvalue weighted by Crippen LogP contribution is 2.49. The number of benzene rings is 2. The van der Waals surface area contributed by atoms with Crippen LogP contribution in [-0.4, -0.2) is 0 Å². The van der Waals surface area contributed by atoms with Gasteiger partial charge in [-0.2, -0.15) is 0 Å². The molecule has 2 aromatic rings. The summed E-state index contributed by atoms with van der Waals surface area (Å²) in [6.07, 6.45) is 7.79. The number of hydrogen-bond donors (Lipinski definition) is 0. The minimum atomic E-state index is 0.0640. The lowest BCUT2D eigenvalue weighted by Gasteiger charge is -2.22. The molecule has 0 radical (unpaired) electrons. The van der Waals surface area contributed by atoms with E-state index in [1.165, 1.54) is 37.0 Å². The molecule has 0 aromatic heterocycles. The van der Waals surface area contributed by atoms with Gasteiger partial charge < -0.3 is 0 Å². The van der Waals surface area contributed by atoms with E-state index in [0.717, 1.165) is 6.42 Å². The molecule has 1 aliphatic rings. The lowest BCUT2D eigenvalue weighted by atomic mass is 9.81. The molecule has 0 N–H and O–H groups in total. The third-order valence-electron chi connectivity index (χ3n) is 5.18. The Bertz CT molecular complexity index is 850. The van der Waals surface area contributed by atoms with E-state index >= 15 is 0 Å². The fourth-order valence-electron chi connectivity index (χ4n) is 3.72. The quantitative estimate of drug-likeness (QED) is 0.338. The summed E-state index contributed by atoms with van der Waals surface area (Å²) in [4.78, 5) is 0. The minimum absolute atomic E-state index is 0.0640. The monoisotopic (exact) mass is 442 g/mol. The van der Waals surface area contributed by atoms with Crippen LogP contribution in [0.4, 0.5) is 0 Å².